The zero-order chi connectivity index (χ0) is 17.3. The van der Waals surface area contributed by atoms with E-state index in [4.69, 9.17) is 0 Å². The fourth-order valence-electron chi connectivity index (χ4n) is 3.09. The van der Waals surface area contributed by atoms with Gasteiger partial charge in [0.1, 0.15) is 0 Å². The van der Waals surface area contributed by atoms with Gasteiger partial charge in [0, 0.05) is 17.8 Å². The third-order valence-corrected chi connectivity index (χ3v) is 4.15. The van der Waals surface area contributed by atoms with Crippen molar-refractivity contribution in [3.63, 3.8) is 0 Å². The van der Waals surface area contributed by atoms with Crippen LogP contribution < -0.4 is 10.6 Å². The molecule has 0 radical (unpaired) electrons. The molecule has 2 aromatic rings. The number of carbonyl (C=O) groups excluding carboxylic acids is 2. The molecular weight excluding hydrogens is 304 g/mol. The first kappa shape index (κ1) is 16.5. The molecule has 0 aromatic carbocycles. The van der Waals surface area contributed by atoms with Crippen molar-refractivity contribution in [3.05, 3.63) is 35.9 Å². The Labute approximate surface area is 141 Å². The molecule has 2 heterocycles. The molecule has 2 aromatic heterocycles. The lowest BCUT2D eigenvalue weighted by Gasteiger charge is -2.19. The minimum atomic E-state index is -0.371. The zero-order valence-electron chi connectivity index (χ0n) is 14.4. The van der Waals surface area contributed by atoms with Crippen molar-refractivity contribution >= 4 is 17.3 Å². The van der Waals surface area contributed by atoms with Gasteiger partial charge in [-0.3, -0.25) is 14.0 Å². The van der Waals surface area contributed by atoms with Crippen LogP contribution in [0.15, 0.2) is 24.4 Å². The number of nitrogens with zero attached hydrogens (tertiary/aromatic N) is 2. The summed E-state index contributed by atoms with van der Waals surface area (Å²) in [6.07, 6.45) is 6.07. The summed E-state index contributed by atoms with van der Waals surface area (Å²) in [7, 11) is 0. The van der Waals surface area contributed by atoms with Gasteiger partial charge in [-0.05, 0) is 45.7 Å². The van der Waals surface area contributed by atoms with Crippen molar-refractivity contribution in [3.8, 4) is 0 Å². The first-order valence-corrected chi connectivity index (χ1v) is 8.45. The van der Waals surface area contributed by atoms with Crippen molar-refractivity contribution in [2.75, 3.05) is 0 Å². The number of carbonyl (C=O) groups is 2. The van der Waals surface area contributed by atoms with Crippen LogP contribution in [-0.2, 0) is 0 Å². The summed E-state index contributed by atoms with van der Waals surface area (Å²) in [6, 6.07) is 5.69. The van der Waals surface area contributed by atoms with E-state index in [0.29, 0.717) is 11.2 Å². The smallest absolute Gasteiger partial charge is 0.288 e. The number of rotatable bonds is 3. The standard InChI is InChI=1S/C18H24N4O2/c1-18(2,3)21-17(24)15-20-14(13-10-6-7-11-22(13)15)16(23)19-12-8-4-5-9-12/h6-7,10-12H,4-5,8-9H2,1-3H3,(H,19,23)(H,21,24). The second-order valence-electron chi connectivity index (χ2n) is 7.40. The van der Waals surface area contributed by atoms with Gasteiger partial charge in [-0.2, -0.15) is 0 Å². The van der Waals surface area contributed by atoms with Crippen LogP contribution in [0, 0.1) is 0 Å². The maximum absolute atomic E-state index is 12.6. The third-order valence-electron chi connectivity index (χ3n) is 4.15. The van der Waals surface area contributed by atoms with Gasteiger partial charge in [-0.1, -0.05) is 18.9 Å². The molecule has 1 saturated carbocycles. The molecular formula is C18H24N4O2. The molecule has 0 spiro atoms. The van der Waals surface area contributed by atoms with Gasteiger partial charge in [-0.15, -0.1) is 0 Å². The van der Waals surface area contributed by atoms with Gasteiger partial charge >= 0.3 is 0 Å². The highest BCUT2D eigenvalue weighted by Gasteiger charge is 2.25. The van der Waals surface area contributed by atoms with E-state index in [1.807, 2.05) is 39.0 Å². The molecule has 2 amide bonds. The van der Waals surface area contributed by atoms with Gasteiger partial charge in [0.2, 0.25) is 5.82 Å². The highest BCUT2D eigenvalue weighted by molar-refractivity contribution is 6.02. The number of amides is 2. The van der Waals surface area contributed by atoms with Crippen LogP contribution in [0.2, 0.25) is 0 Å². The van der Waals surface area contributed by atoms with Gasteiger partial charge in [0.05, 0.1) is 5.52 Å². The van der Waals surface area contributed by atoms with E-state index in [-0.39, 0.29) is 29.2 Å². The molecule has 2 N–H and O–H groups in total. The van der Waals surface area contributed by atoms with Crippen LogP contribution in [-0.4, -0.2) is 32.8 Å². The minimum Gasteiger partial charge on any atom is -0.348 e. The Morgan fingerprint density at radius 2 is 1.88 bits per heavy atom. The fourth-order valence-corrected chi connectivity index (χ4v) is 3.09. The van der Waals surface area contributed by atoms with E-state index in [2.05, 4.69) is 15.6 Å². The number of imidazole rings is 1. The van der Waals surface area contributed by atoms with Crippen LogP contribution in [0.4, 0.5) is 0 Å². The Morgan fingerprint density at radius 3 is 2.54 bits per heavy atom. The van der Waals surface area contributed by atoms with Gasteiger partial charge in [-0.25, -0.2) is 4.98 Å². The Kier molecular flexibility index (Phi) is 4.30. The van der Waals surface area contributed by atoms with Crippen molar-refractivity contribution < 1.29 is 9.59 Å². The molecule has 3 rings (SSSR count). The van der Waals surface area contributed by atoms with Gasteiger partial charge < -0.3 is 10.6 Å². The van der Waals surface area contributed by atoms with Crippen molar-refractivity contribution in [1.29, 1.82) is 0 Å². The molecule has 0 unspecified atom stereocenters. The summed E-state index contributed by atoms with van der Waals surface area (Å²) >= 11 is 0. The number of nitrogens with one attached hydrogen (secondary N) is 2. The first-order valence-electron chi connectivity index (χ1n) is 8.45. The van der Waals surface area contributed by atoms with Gasteiger partial charge in [0.25, 0.3) is 11.8 Å². The number of hydrogen-bond acceptors (Lipinski definition) is 3. The predicted molar refractivity (Wildman–Crippen MR) is 92.1 cm³/mol. The molecule has 24 heavy (non-hydrogen) atoms. The topological polar surface area (TPSA) is 75.5 Å². The van der Waals surface area contributed by atoms with E-state index in [0.717, 1.165) is 25.7 Å². The van der Waals surface area contributed by atoms with Crippen molar-refractivity contribution in [2.45, 2.75) is 58.0 Å². The second-order valence-corrected chi connectivity index (χ2v) is 7.40. The number of fused-ring (bicyclic) bond motifs is 1. The SMILES string of the molecule is CC(C)(C)NC(=O)c1nc(C(=O)NC2CCCC2)c2ccccn12. The summed E-state index contributed by atoms with van der Waals surface area (Å²) in [6.45, 7) is 5.73. The minimum absolute atomic E-state index is 0.208. The normalized spacial score (nSPS) is 15.6. The maximum Gasteiger partial charge on any atom is 0.288 e. The highest BCUT2D eigenvalue weighted by Crippen LogP contribution is 2.19. The van der Waals surface area contributed by atoms with E-state index in [1.54, 1.807) is 10.6 Å². The molecule has 1 fully saturated rings. The summed E-state index contributed by atoms with van der Waals surface area (Å²) in [5.74, 6) is -0.263. The molecule has 0 aliphatic heterocycles. The summed E-state index contributed by atoms with van der Waals surface area (Å²) in [5.41, 5.74) is 0.581. The van der Waals surface area contributed by atoms with Crippen molar-refractivity contribution in [1.82, 2.24) is 20.0 Å². The Hall–Kier alpha value is -2.37. The van der Waals surface area contributed by atoms with Gasteiger partial charge in [0.15, 0.2) is 5.69 Å². The van der Waals surface area contributed by atoms with Crippen LogP contribution >= 0.6 is 0 Å². The Bertz CT molecular complexity index is 767. The van der Waals surface area contributed by atoms with Crippen LogP contribution in [0.5, 0.6) is 0 Å². The van der Waals surface area contributed by atoms with Crippen LogP contribution in [0.1, 0.15) is 67.6 Å². The average Bonchev–Trinajstić information content (AvgIpc) is 3.12. The van der Waals surface area contributed by atoms with Crippen LogP contribution in [0.3, 0.4) is 0 Å². The Morgan fingerprint density at radius 1 is 1.17 bits per heavy atom. The molecule has 0 bridgehead atoms. The molecule has 1 aliphatic rings. The number of aromatic nitrogens is 2. The summed E-state index contributed by atoms with van der Waals surface area (Å²) in [4.78, 5) is 29.5. The van der Waals surface area contributed by atoms with E-state index < -0.39 is 0 Å². The molecule has 128 valence electrons. The quantitative estimate of drug-likeness (QED) is 0.909. The Balaban J connectivity index is 1.94. The summed E-state index contributed by atoms with van der Waals surface area (Å²) in [5, 5.41) is 5.94. The monoisotopic (exact) mass is 328 g/mol. The molecule has 0 atom stereocenters. The zero-order valence-corrected chi connectivity index (χ0v) is 14.4. The molecule has 6 nitrogen and oxygen atoms in total. The van der Waals surface area contributed by atoms with Crippen LogP contribution in [0.25, 0.3) is 5.52 Å². The highest BCUT2D eigenvalue weighted by atomic mass is 16.2. The summed E-state index contributed by atoms with van der Waals surface area (Å²) < 4.78 is 1.67. The lowest BCUT2D eigenvalue weighted by molar-refractivity contribution is 0.0908. The fraction of sp³-hybridized carbons (Fsp3) is 0.500. The maximum atomic E-state index is 12.6. The second kappa shape index (κ2) is 6.26. The molecule has 6 heteroatoms. The predicted octanol–water partition coefficient (Wildman–Crippen LogP) is 2.54. The van der Waals surface area contributed by atoms with E-state index in [1.165, 1.54) is 0 Å². The number of pyridine rings is 1. The average molecular weight is 328 g/mol. The third kappa shape index (κ3) is 3.42. The molecule has 1 aliphatic carbocycles. The lowest BCUT2D eigenvalue weighted by atomic mass is 10.1. The van der Waals surface area contributed by atoms with Crippen molar-refractivity contribution in [2.24, 2.45) is 0 Å². The lowest BCUT2D eigenvalue weighted by Crippen LogP contribution is -2.41. The van der Waals surface area contributed by atoms with E-state index in [9.17, 15) is 9.59 Å². The van der Waals surface area contributed by atoms with E-state index >= 15 is 0 Å². The number of hydrogen-bond donors (Lipinski definition) is 2. The largest absolute Gasteiger partial charge is 0.348 e. The molecule has 0 saturated heterocycles. The first-order chi connectivity index (χ1) is 11.3.